The molecule has 21 heavy (non-hydrogen) atoms. The summed E-state index contributed by atoms with van der Waals surface area (Å²) in [7, 11) is 0. The molecule has 5 nitrogen and oxygen atoms in total. The van der Waals surface area contributed by atoms with E-state index in [1.807, 2.05) is 6.92 Å². The third kappa shape index (κ3) is 3.35. The Kier molecular flexibility index (Phi) is 4.83. The molecular weight excluding hydrogens is 270 g/mol. The smallest absolute Gasteiger partial charge is 0.329 e. The van der Waals surface area contributed by atoms with Crippen molar-refractivity contribution in [1.29, 1.82) is 0 Å². The van der Waals surface area contributed by atoms with Gasteiger partial charge in [0.1, 0.15) is 11.3 Å². The Morgan fingerprint density at radius 3 is 2.52 bits per heavy atom. The number of ether oxygens (including phenoxy) is 1. The van der Waals surface area contributed by atoms with Gasteiger partial charge < -0.3 is 15.2 Å². The van der Waals surface area contributed by atoms with Gasteiger partial charge in [-0.2, -0.15) is 0 Å². The highest BCUT2D eigenvalue weighted by Crippen LogP contribution is 2.29. The number of carbonyl (C=O) groups is 2. The van der Waals surface area contributed by atoms with Gasteiger partial charge in [-0.05, 0) is 31.9 Å². The van der Waals surface area contributed by atoms with Gasteiger partial charge >= 0.3 is 5.97 Å². The highest BCUT2D eigenvalue weighted by atomic mass is 16.5. The first-order valence-electron chi connectivity index (χ1n) is 7.37. The summed E-state index contributed by atoms with van der Waals surface area (Å²) in [6.45, 7) is 2.29. The Labute approximate surface area is 124 Å². The highest BCUT2D eigenvalue weighted by Gasteiger charge is 2.41. The van der Waals surface area contributed by atoms with Crippen LogP contribution in [0.1, 0.15) is 49.4 Å². The number of hydrogen-bond donors (Lipinski definition) is 2. The number of para-hydroxylation sites is 1. The Morgan fingerprint density at radius 1 is 1.24 bits per heavy atom. The lowest BCUT2D eigenvalue weighted by molar-refractivity contribution is -0.145. The van der Waals surface area contributed by atoms with E-state index in [2.05, 4.69) is 5.32 Å². The molecule has 0 aromatic heterocycles. The van der Waals surface area contributed by atoms with Gasteiger partial charge in [-0.1, -0.05) is 31.4 Å². The molecule has 0 spiro atoms. The van der Waals surface area contributed by atoms with E-state index < -0.39 is 11.5 Å². The number of carbonyl (C=O) groups excluding carboxylic acids is 1. The van der Waals surface area contributed by atoms with E-state index >= 15 is 0 Å². The first-order valence-corrected chi connectivity index (χ1v) is 7.37. The van der Waals surface area contributed by atoms with Gasteiger partial charge in [0.2, 0.25) is 0 Å². The molecule has 0 heterocycles. The summed E-state index contributed by atoms with van der Waals surface area (Å²) in [5, 5.41) is 12.2. The second-order valence-electron chi connectivity index (χ2n) is 5.33. The minimum Gasteiger partial charge on any atom is -0.493 e. The maximum Gasteiger partial charge on any atom is 0.329 e. The van der Waals surface area contributed by atoms with Crippen molar-refractivity contribution in [2.24, 2.45) is 0 Å². The van der Waals surface area contributed by atoms with Crippen LogP contribution in [0.25, 0.3) is 0 Å². The fourth-order valence-corrected chi connectivity index (χ4v) is 2.77. The van der Waals surface area contributed by atoms with Gasteiger partial charge in [-0.25, -0.2) is 4.79 Å². The molecule has 2 rings (SSSR count). The van der Waals surface area contributed by atoms with Crippen molar-refractivity contribution >= 4 is 11.9 Å². The molecule has 1 aliphatic carbocycles. The minimum atomic E-state index is -1.14. The van der Waals surface area contributed by atoms with Crippen LogP contribution in [0.4, 0.5) is 0 Å². The van der Waals surface area contributed by atoms with Gasteiger partial charge in [0.05, 0.1) is 12.2 Å². The Balaban J connectivity index is 2.21. The van der Waals surface area contributed by atoms with Gasteiger partial charge in [-0.15, -0.1) is 0 Å². The van der Waals surface area contributed by atoms with Crippen molar-refractivity contribution in [2.75, 3.05) is 6.61 Å². The maximum atomic E-state index is 12.5. The normalized spacial score (nSPS) is 17.0. The fraction of sp³-hybridized carbons (Fsp3) is 0.500. The van der Waals surface area contributed by atoms with E-state index in [9.17, 15) is 14.7 Å². The lowest BCUT2D eigenvalue weighted by atomic mass is 9.81. The van der Waals surface area contributed by atoms with E-state index in [-0.39, 0.29) is 5.91 Å². The number of benzene rings is 1. The standard InChI is InChI=1S/C16H21NO4/c1-2-21-13-9-5-4-8-12(13)14(18)17-16(15(19)20)10-6-3-7-11-16/h4-5,8-9H,2-3,6-7,10-11H2,1H3,(H,17,18)(H,19,20). The Morgan fingerprint density at radius 2 is 1.90 bits per heavy atom. The largest absolute Gasteiger partial charge is 0.493 e. The molecule has 1 saturated carbocycles. The number of hydrogen-bond acceptors (Lipinski definition) is 3. The number of carboxylic acid groups (broad SMARTS) is 1. The molecule has 0 atom stereocenters. The van der Waals surface area contributed by atoms with Crippen molar-refractivity contribution in [1.82, 2.24) is 5.32 Å². The molecule has 2 N–H and O–H groups in total. The average Bonchev–Trinajstić information content (AvgIpc) is 2.49. The zero-order valence-corrected chi connectivity index (χ0v) is 12.2. The first-order chi connectivity index (χ1) is 10.1. The van der Waals surface area contributed by atoms with Gasteiger partial charge in [0, 0.05) is 0 Å². The summed E-state index contributed by atoms with van der Waals surface area (Å²) < 4.78 is 5.43. The molecule has 0 saturated heterocycles. The van der Waals surface area contributed by atoms with Crippen molar-refractivity contribution in [3.8, 4) is 5.75 Å². The molecule has 0 radical (unpaired) electrons. The van der Waals surface area contributed by atoms with Crippen LogP contribution in [-0.4, -0.2) is 29.1 Å². The molecule has 1 aromatic carbocycles. The second kappa shape index (κ2) is 6.61. The zero-order chi connectivity index (χ0) is 15.3. The van der Waals surface area contributed by atoms with Crippen LogP contribution in [0.5, 0.6) is 5.75 Å². The van der Waals surface area contributed by atoms with Crippen molar-refractivity contribution in [2.45, 2.75) is 44.6 Å². The van der Waals surface area contributed by atoms with Crippen LogP contribution in [-0.2, 0) is 4.79 Å². The molecule has 0 bridgehead atoms. The van der Waals surface area contributed by atoms with Crippen LogP contribution >= 0.6 is 0 Å². The molecule has 5 heteroatoms. The zero-order valence-electron chi connectivity index (χ0n) is 12.2. The third-order valence-corrected chi connectivity index (χ3v) is 3.90. The molecule has 114 valence electrons. The summed E-state index contributed by atoms with van der Waals surface area (Å²) in [5.74, 6) is -0.860. The van der Waals surface area contributed by atoms with E-state index in [0.29, 0.717) is 30.8 Å². The monoisotopic (exact) mass is 291 g/mol. The van der Waals surface area contributed by atoms with Crippen LogP contribution in [0.3, 0.4) is 0 Å². The third-order valence-electron chi connectivity index (χ3n) is 3.90. The van der Waals surface area contributed by atoms with E-state index in [0.717, 1.165) is 19.3 Å². The molecule has 0 unspecified atom stereocenters. The van der Waals surface area contributed by atoms with E-state index in [4.69, 9.17) is 4.74 Å². The summed E-state index contributed by atoms with van der Waals surface area (Å²) >= 11 is 0. The summed E-state index contributed by atoms with van der Waals surface area (Å²) in [6.07, 6.45) is 3.61. The number of carboxylic acids is 1. The van der Waals surface area contributed by atoms with Crippen LogP contribution in [0.15, 0.2) is 24.3 Å². The fourth-order valence-electron chi connectivity index (χ4n) is 2.77. The second-order valence-corrected chi connectivity index (χ2v) is 5.33. The first kappa shape index (κ1) is 15.4. The predicted molar refractivity (Wildman–Crippen MR) is 78.5 cm³/mol. The Bertz CT molecular complexity index is 521. The summed E-state index contributed by atoms with van der Waals surface area (Å²) in [6, 6.07) is 6.90. The Hall–Kier alpha value is -2.04. The molecular formula is C16H21NO4. The summed E-state index contributed by atoms with van der Waals surface area (Å²) in [5.41, 5.74) is -0.764. The minimum absolute atomic E-state index is 0.380. The van der Waals surface area contributed by atoms with Crippen molar-refractivity contribution in [3.63, 3.8) is 0 Å². The van der Waals surface area contributed by atoms with Crippen LogP contribution < -0.4 is 10.1 Å². The lowest BCUT2D eigenvalue weighted by Gasteiger charge is -2.34. The predicted octanol–water partition coefficient (Wildman–Crippen LogP) is 2.60. The topological polar surface area (TPSA) is 75.6 Å². The maximum absolute atomic E-state index is 12.5. The van der Waals surface area contributed by atoms with Crippen LogP contribution in [0, 0.1) is 0 Å². The average molecular weight is 291 g/mol. The number of amides is 1. The number of aliphatic carboxylic acids is 1. The SMILES string of the molecule is CCOc1ccccc1C(=O)NC1(C(=O)O)CCCCC1. The van der Waals surface area contributed by atoms with Gasteiger partial charge in [0.25, 0.3) is 5.91 Å². The molecule has 0 aliphatic heterocycles. The summed E-state index contributed by atoms with van der Waals surface area (Å²) in [4.78, 5) is 24.1. The van der Waals surface area contributed by atoms with E-state index in [1.54, 1.807) is 24.3 Å². The number of rotatable bonds is 5. The number of nitrogens with one attached hydrogen (secondary N) is 1. The quantitative estimate of drug-likeness (QED) is 0.874. The molecule has 1 aromatic rings. The van der Waals surface area contributed by atoms with Crippen molar-refractivity contribution < 1.29 is 19.4 Å². The molecule has 1 aliphatic rings. The highest BCUT2D eigenvalue weighted by molar-refractivity contribution is 6.00. The lowest BCUT2D eigenvalue weighted by Crippen LogP contribution is -2.55. The molecule has 1 fully saturated rings. The van der Waals surface area contributed by atoms with E-state index in [1.165, 1.54) is 0 Å². The van der Waals surface area contributed by atoms with Crippen LogP contribution in [0.2, 0.25) is 0 Å². The van der Waals surface area contributed by atoms with Gasteiger partial charge in [0.15, 0.2) is 0 Å². The van der Waals surface area contributed by atoms with Gasteiger partial charge in [-0.3, -0.25) is 4.79 Å². The molecule has 1 amide bonds. The van der Waals surface area contributed by atoms with Crippen molar-refractivity contribution in [3.05, 3.63) is 29.8 Å².